The van der Waals surface area contributed by atoms with Crippen molar-refractivity contribution in [3.05, 3.63) is 0 Å². The molecule has 2 saturated heterocycles. The van der Waals surface area contributed by atoms with Crippen LogP contribution in [-0.2, 0) is 9.47 Å². The van der Waals surface area contributed by atoms with Crippen LogP contribution in [0.3, 0.4) is 0 Å². The van der Waals surface area contributed by atoms with Gasteiger partial charge in [-0.15, -0.1) is 0 Å². The predicted octanol–water partition coefficient (Wildman–Crippen LogP) is 2.94. The van der Waals surface area contributed by atoms with Crippen molar-refractivity contribution in [1.82, 2.24) is 14.7 Å². The lowest BCUT2D eigenvalue weighted by atomic mass is 10.1. The summed E-state index contributed by atoms with van der Waals surface area (Å²) in [6, 6.07) is 0. The van der Waals surface area contributed by atoms with Crippen molar-refractivity contribution in [3.8, 4) is 0 Å². The quantitative estimate of drug-likeness (QED) is 0.582. The third-order valence-electron chi connectivity index (χ3n) is 5.08. The highest BCUT2D eigenvalue weighted by molar-refractivity contribution is 4.70. The molecule has 0 aromatic rings. The van der Waals surface area contributed by atoms with Crippen molar-refractivity contribution in [2.24, 2.45) is 0 Å². The molecular formula is C23H51N3O3. The molecule has 2 heterocycles. The molecule has 0 spiro atoms. The van der Waals surface area contributed by atoms with E-state index in [0.717, 1.165) is 45.7 Å². The Labute approximate surface area is 181 Å². The van der Waals surface area contributed by atoms with Gasteiger partial charge in [-0.25, -0.2) is 0 Å². The molecule has 0 amide bonds. The first-order chi connectivity index (χ1) is 13.9. The van der Waals surface area contributed by atoms with Gasteiger partial charge in [0.15, 0.2) is 0 Å². The third-order valence-corrected chi connectivity index (χ3v) is 5.08. The first-order valence-corrected chi connectivity index (χ1v) is 11.9. The number of aliphatic hydroxyl groups excluding tert-OH is 1. The monoisotopic (exact) mass is 417 g/mol. The lowest BCUT2D eigenvalue weighted by Gasteiger charge is -2.32. The van der Waals surface area contributed by atoms with Gasteiger partial charge < -0.3 is 29.3 Å². The molecule has 0 bridgehead atoms. The Bertz CT molecular complexity index is 340. The maximum absolute atomic E-state index is 9.28. The maximum Gasteiger partial charge on any atom is 0.0596 e. The standard InChI is InChI=1S/C11H24N2O.C10H21NO2.C2H6/c1-11(2)14-10-4-5-13-8-6-12(3)7-9-13;1-9(2)13-8-7-11-5-3-10(12)4-6-11;1-2/h11H,4-10H2,1-3H3;9-10,12H,3-8H2,1-2H3;1-2H3. The van der Waals surface area contributed by atoms with Crippen LogP contribution in [0, 0.1) is 0 Å². The molecule has 2 rings (SSSR count). The van der Waals surface area contributed by atoms with E-state index in [-0.39, 0.29) is 6.10 Å². The summed E-state index contributed by atoms with van der Waals surface area (Å²) in [4.78, 5) is 7.28. The molecule has 0 saturated carbocycles. The van der Waals surface area contributed by atoms with Gasteiger partial charge >= 0.3 is 0 Å². The molecule has 0 aromatic carbocycles. The molecule has 0 radical (unpaired) electrons. The Morgan fingerprint density at radius 2 is 1.24 bits per heavy atom. The number of rotatable bonds is 9. The van der Waals surface area contributed by atoms with Crippen molar-refractivity contribution in [2.75, 3.05) is 72.6 Å². The normalized spacial score (nSPS) is 19.7. The summed E-state index contributed by atoms with van der Waals surface area (Å²) in [6.45, 7) is 23.1. The first kappa shape index (κ1) is 28.8. The molecular weight excluding hydrogens is 366 g/mol. The fourth-order valence-corrected chi connectivity index (χ4v) is 3.24. The summed E-state index contributed by atoms with van der Waals surface area (Å²) in [5, 5.41) is 9.28. The Morgan fingerprint density at radius 3 is 1.76 bits per heavy atom. The molecule has 176 valence electrons. The summed E-state index contributed by atoms with van der Waals surface area (Å²) in [7, 11) is 2.19. The van der Waals surface area contributed by atoms with E-state index in [1.165, 1.54) is 39.1 Å². The minimum absolute atomic E-state index is 0.0673. The largest absolute Gasteiger partial charge is 0.393 e. The smallest absolute Gasteiger partial charge is 0.0596 e. The zero-order valence-electron chi connectivity index (χ0n) is 20.5. The van der Waals surface area contributed by atoms with E-state index in [2.05, 4.69) is 49.4 Å². The number of nitrogens with zero attached hydrogens (tertiary/aromatic N) is 3. The zero-order chi connectivity index (χ0) is 22.1. The number of hydrogen-bond donors (Lipinski definition) is 1. The number of likely N-dealkylation sites (tertiary alicyclic amines) is 1. The second-order valence-electron chi connectivity index (χ2n) is 8.41. The van der Waals surface area contributed by atoms with Crippen molar-refractivity contribution in [2.45, 2.75) is 79.1 Å². The van der Waals surface area contributed by atoms with Gasteiger partial charge in [-0.3, -0.25) is 0 Å². The Morgan fingerprint density at radius 1 is 0.759 bits per heavy atom. The van der Waals surface area contributed by atoms with E-state index in [0.29, 0.717) is 12.2 Å². The second-order valence-corrected chi connectivity index (χ2v) is 8.41. The van der Waals surface area contributed by atoms with Crippen LogP contribution in [-0.4, -0.2) is 111 Å². The van der Waals surface area contributed by atoms with Crippen LogP contribution in [0.2, 0.25) is 0 Å². The molecule has 1 N–H and O–H groups in total. The predicted molar refractivity (Wildman–Crippen MR) is 124 cm³/mol. The van der Waals surface area contributed by atoms with Crippen LogP contribution in [0.25, 0.3) is 0 Å². The summed E-state index contributed by atoms with van der Waals surface area (Å²) >= 11 is 0. The van der Waals surface area contributed by atoms with E-state index < -0.39 is 0 Å². The van der Waals surface area contributed by atoms with Crippen LogP contribution in [0.4, 0.5) is 0 Å². The highest BCUT2D eigenvalue weighted by Gasteiger charge is 2.16. The highest BCUT2D eigenvalue weighted by atomic mass is 16.5. The van der Waals surface area contributed by atoms with Crippen LogP contribution >= 0.6 is 0 Å². The number of hydrogen-bond acceptors (Lipinski definition) is 6. The summed E-state index contributed by atoms with van der Waals surface area (Å²) < 4.78 is 11.0. The van der Waals surface area contributed by atoms with Gasteiger partial charge in [-0.1, -0.05) is 13.8 Å². The maximum atomic E-state index is 9.28. The molecule has 0 unspecified atom stereocenters. The third kappa shape index (κ3) is 17.2. The average Bonchev–Trinajstić information content (AvgIpc) is 2.70. The van der Waals surface area contributed by atoms with Crippen molar-refractivity contribution < 1.29 is 14.6 Å². The molecule has 2 aliphatic heterocycles. The SMILES string of the molecule is CC.CC(C)OCCCN1CCN(C)CC1.CC(C)OCCN1CCC(O)CC1. The molecule has 2 aliphatic rings. The zero-order valence-corrected chi connectivity index (χ0v) is 20.5. The molecule has 2 fully saturated rings. The number of aliphatic hydroxyl groups is 1. The van der Waals surface area contributed by atoms with Gasteiger partial charge in [0.25, 0.3) is 0 Å². The van der Waals surface area contributed by atoms with Crippen LogP contribution < -0.4 is 0 Å². The number of likely N-dealkylation sites (N-methyl/N-ethyl adjacent to an activating group) is 1. The van der Waals surface area contributed by atoms with Gasteiger partial charge in [0.1, 0.15) is 0 Å². The number of piperidine rings is 1. The Balaban J connectivity index is 0.000000499. The van der Waals surface area contributed by atoms with Crippen molar-refractivity contribution in [1.29, 1.82) is 0 Å². The summed E-state index contributed by atoms with van der Waals surface area (Å²) in [6.07, 6.45) is 3.64. The van der Waals surface area contributed by atoms with E-state index in [4.69, 9.17) is 9.47 Å². The molecule has 29 heavy (non-hydrogen) atoms. The van der Waals surface area contributed by atoms with Crippen LogP contribution in [0.15, 0.2) is 0 Å². The van der Waals surface area contributed by atoms with Gasteiger partial charge in [-0.05, 0) is 54.0 Å². The molecule has 0 aromatic heterocycles. The summed E-state index contributed by atoms with van der Waals surface area (Å²) in [5.41, 5.74) is 0. The minimum atomic E-state index is -0.0673. The highest BCUT2D eigenvalue weighted by Crippen LogP contribution is 2.09. The molecule has 6 nitrogen and oxygen atoms in total. The summed E-state index contributed by atoms with van der Waals surface area (Å²) in [5.74, 6) is 0. The van der Waals surface area contributed by atoms with Gasteiger partial charge in [0, 0.05) is 59.0 Å². The fraction of sp³-hybridized carbons (Fsp3) is 1.00. The lowest BCUT2D eigenvalue weighted by molar-refractivity contribution is 0.0353. The Kier molecular flexibility index (Phi) is 18.4. The average molecular weight is 418 g/mol. The van der Waals surface area contributed by atoms with E-state index in [9.17, 15) is 5.11 Å². The van der Waals surface area contributed by atoms with E-state index >= 15 is 0 Å². The van der Waals surface area contributed by atoms with Crippen LogP contribution in [0.1, 0.15) is 60.8 Å². The van der Waals surface area contributed by atoms with E-state index in [1.807, 2.05) is 13.8 Å². The molecule has 0 aliphatic carbocycles. The van der Waals surface area contributed by atoms with E-state index in [1.54, 1.807) is 0 Å². The van der Waals surface area contributed by atoms with Gasteiger partial charge in [-0.2, -0.15) is 0 Å². The Hall–Kier alpha value is -0.240. The topological polar surface area (TPSA) is 48.4 Å². The number of ether oxygens (including phenoxy) is 2. The second kappa shape index (κ2) is 18.5. The first-order valence-electron chi connectivity index (χ1n) is 11.9. The number of piperazine rings is 1. The molecule has 0 atom stereocenters. The van der Waals surface area contributed by atoms with Crippen molar-refractivity contribution in [3.63, 3.8) is 0 Å². The van der Waals surface area contributed by atoms with Gasteiger partial charge in [0.05, 0.1) is 24.9 Å². The lowest BCUT2D eigenvalue weighted by Crippen LogP contribution is -2.44. The van der Waals surface area contributed by atoms with Gasteiger partial charge in [0.2, 0.25) is 0 Å². The minimum Gasteiger partial charge on any atom is -0.393 e. The fourth-order valence-electron chi connectivity index (χ4n) is 3.24. The van der Waals surface area contributed by atoms with Crippen molar-refractivity contribution >= 4 is 0 Å². The molecule has 6 heteroatoms. The van der Waals surface area contributed by atoms with Crippen LogP contribution in [0.5, 0.6) is 0 Å².